The van der Waals surface area contributed by atoms with Crippen LogP contribution in [0.25, 0.3) is 0 Å². The molecule has 0 bridgehead atoms. The van der Waals surface area contributed by atoms with Gasteiger partial charge in [0.1, 0.15) is 12.1 Å². The normalized spacial score (nSPS) is 18.2. The first-order valence-corrected chi connectivity index (χ1v) is 5.83. The number of likely N-dealkylation sites (N-methyl/N-ethyl adjacent to an activating group) is 1. The zero-order valence-corrected chi connectivity index (χ0v) is 10.0. The van der Waals surface area contributed by atoms with Crippen molar-refractivity contribution in [2.75, 3.05) is 33.2 Å². The predicted molar refractivity (Wildman–Crippen MR) is 64.6 cm³/mol. The van der Waals surface area contributed by atoms with Gasteiger partial charge in [0.15, 0.2) is 0 Å². The summed E-state index contributed by atoms with van der Waals surface area (Å²) in [6.45, 7) is 4.59. The first-order valence-electron chi connectivity index (χ1n) is 5.83. The molecule has 4 heteroatoms. The number of hydrogen-bond acceptors (Lipinski definition) is 3. The number of nitrogens with zero attached hydrogens (tertiary/aromatic N) is 2. The maximum atomic E-state index is 13.7. The van der Waals surface area contributed by atoms with Crippen molar-refractivity contribution in [1.29, 1.82) is 0 Å². The molecule has 0 N–H and O–H groups in total. The highest BCUT2D eigenvalue weighted by molar-refractivity contribution is 5.74. The van der Waals surface area contributed by atoms with E-state index in [1.165, 1.54) is 6.07 Å². The van der Waals surface area contributed by atoms with Gasteiger partial charge in [-0.05, 0) is 13.1 Å². The summed E-state index contributed by atoms with van der Waals surface area (Å²) in [5, 5.41) is 0. The van der Waals surface area contributed by atoms with Crippen LogP contribution in [-0.2, 0) is 6.54 Å². The van der Waals surface area contributed by atoms with Gasteiger partial charge in [-0.25, -0.2) is 4.39 Å². The maximum absolute atomic E-state index is 13.7. The number of carbonyl (C=O) groups excluding carboxylic acids is 1. The van der Waals surface area contributed by atoms with Crippen LogP contribution in [0.5, 0.6) is 0 Å². The Morgan fingerprint density at radius 1 is 1.29 bits per heavy atom. The average Bonchev–Trinajstić information content (AvgIpc) is 2.34. The van der Waals surface area contributed by atoms with Gasteiger partial charge in [-0.2, -0.15) is 0 Å². The summed E-state index contributed by atoms with van der Waals surface area (Å²) in [4.78, 5) is 15.0. The van der Waals surface area contributed by atoms with Crippen LogP contribution in [0.2, 0.25) is 0 Å². The molecule has 1 aliphatic heterocycles. The minimum absolute atomic E-state index is 0.284. The number of aldehydes is 1. The molecule has 92 valence electrons. The van der Waals surface area contributed by atoms with Gasteiger partial charge in [0.05, 0.1) is 0 Å². The molecular weight excluding hydrogens is 219 g/mol. The number of halogens is 1. The number of benzene rings is 1. The van der Waals surface area contributed by atoms with Crippen molar-refractivity contribution in [3.05, 3.63) is 35.1 Å². The van der Waals surface area contributed by atoms with Crippen molar-refractivity contribution in [3.8, 4) is 0 Å². The molecule has 17 heavy (non-hydrogen) atoms. The Morgan fingerprint density at radius 2 is 2.00 bits per heavy atom. The lowest BCUT2D eigenvalue weighted by Gasteiger charge is -2.32. The molecule has 0 aliphatic carbocycles. The van der Waals surface area contributed by atoms with E-state index < -0.39 is 0 Å². The Morgan fingerprint density at radius 3 is 2.59 bits per heavy atom. The highest BCUT2D eigenvalue weighted by atomic mass is 19.1. The van der Waals surface area contributed by atoms with Crippen LogP contribution in [0.3, 0.4) is 0 Å². The van der Waals surface area contributed by atoms with Crippen molar-refractivity contribution >= 4 is 6.29 Å². The minimum atomic E-state index is -0.284. The van der Waals surface area contributed by atoms with Gasteiger partial charge in [-0.3, -0.25) is 9.69 Å². The lowest BCUT2D eigenvalue weighted by atomic mass is 10.1. The molecule has 0 radical (unpaired) electrons. The van der Waals surface area contributed by atoms with Gasteiger partial charge in [-0.1, -0.05) is 12.1 Å². The second-order valence-electron chi connectivity index (χ2n) is 4.55. The minimum Gasteiger partial charge on any atom is -0.304 e. The van der Waals surface area contributed by atoms with Crippen LogP contribution in [0.15, 0.2) is 18.2 Å². The molecule has 1 aromatic rings. The van der Waals surface area contributed by atoms with Crippen LogP contribution in [0.1, 0.15) is 15.9 Å². The standard InChI is InChI=1S/C13H17FN2O/c1-15-4-6-16(7-5-15)9-12-3-2-11(10-17)8-13(12)14/h2-3,8,10H,4-7,9H2,1H3. The van der Waals surface area contributed by atoms with E-state index in [1.54, 1.807) is 12.1 Å². The number of piperazine rings is 1. The van der Waals surface area contributed by atoms with Gasteiger partial charge in [0.25, 0.3) is 0 Å². The number of hydrogen-bond donors (Lipinski definition) is 0. The average molecular weight is 236 g/mol. The second kappa shape index (κ2) is 5.38. The molecular formula is C13H17FN2O. The Bertz CT molecular complexity index is 400. The largest absolute Gasteiger partial charge is 0.304 e. The van der Waals surface area contributed by atoms with Crippen LogP contribution in [0, 0.1) is 5.82 Å². The third-order valence-corrected chi connectivity index (χ3v) is 3.20. The molecule has 1 saturated heterocycles. The van der Waals surface area contributed by atoms with Crippen molar-refractivity contribution < 1.29 is 9.18 Å². The van der Waals surface area contributed by atoms with Crippen LogP contribution in [-0.4, -0.2) is 49.3 Å². The molecule has 0 saturated carbocycles. The first-order chi connectivity index (χ1) is 8.19. The third-order valence-electron chi connectivity index (χ3n) is 3.20. The van der Waals surface area contributed by atoms with E-state index in [9.17, 15) is 9.18 Å². The van der Waals surface area contributed by atoms with Gasteiger partial charge in [0, 0.05) is 43.9 Å². The first kappa shape index (κ1) is 12.2. The molecule has 1 fully saturated rings. The molecule has 1 heterocycles. The molecule has 0 atom stereocenters. The summed E-state index contributed by atoms with van der Waals surface area (Å²) < 4.78 is 13.7. The van der Waals surface area contributed by atoms with Gasteiger partial charge < -0.3 is 4.90 Å². The zero-order valence-electron chi connectivity index (χ0n) is 10.0. The Balaban J connectivity index is 2.01. The van der Waals surface area contributed by atoms with E-state index in [-0.39, 0.29) is 5.82 Å². The van der Waals surface area contributed by atoms with E-state index in [0.29, 0.717) is 24.0 Å². The molecule has 1 aromatic carbocycles. The predicted octanol–water partition coefficient (Wildman–Crippen LogP) is 1.39. The van der Waals surface area contributed by atoms with E-state index in [4.69, 9.17) is 0 Å². The molecule has 3 nitrogen and oxygen atoms in total. The topological polar surface area (TPSA) is 23.6 Å². The highest BCUT2D eigenvalue weighted by Crippen LogP contribution is 2.13. The monoisotopic (exact) mass is 236 g/mol. The maximum Gasteiger partial charge on any atom is 0.150 e. The summed E-state index contributed by atoms with van der Waals surface area (Å²) in [5.41, 5.74) is 1.06. The smallest absolute Gasteiger partial charge is 0.150 e. The van der Waals surface area contributed by atoms with Crippen LogP contribution < -0.4 is 0 Å². The molecule has 2 rings (SSSR count). The summed E-state index contributed by atoms with van der Waals surface area (Å²) in [6, 6.07) is 4.68. The van der Waals surface area contributed by atoms with Crippen molar-refractivity contribution in [1.82, 2.24) is 9.80 Å². The summed E-state index contributed by atoms with van der Waals surface area (Å²) in [5.74, 6) is -0.284. The van der Waals surface area contributed by atoms with Crippen molar-refractivity contribution in [3.63, 3.8) is 0 Å². The Labute approximate surface area is 101 Å². The van der Waals surface area contributed by atoms with Crippen LogP contribution in [0.4, 0.5) is 4.39 Å². The number of rotatable bonds is 3. The fourth-order valence-corrected chi connectivity index (χ4v) is 2.01. The SMILES string of the molecule is CN1CCN(Cc2ccc(C=O)cc2F)CC1. The van der Waals surface area contributed by atoms with Gasteiger partial charge >= 0.3 is 0 Å². The molecule has 1 aliphatic rings. The molecule has 0 amide bonds. The van der Waals surface area contributed by atoms with Crippen LogP contribution >= 0.6 is 0 Å². The molecule has 0 spiro atoms. The van der Waals surface area contributed by atoms with E-state index in [2.05, 4.69) is 16.8 Å². The fourth-order valence-electron chi connectivity index (χ4n) is 2.01. The van der Waals surface area contributed by atoms with E-state index >= 15 is 0 Å². The molecule has 0 aromatic heterocycles. The summed E-state index contributed by atoms with van der Waals surface area (Å²) in [7, 11) is 2.09. The van der Waals surface area contributed by atoms with E-state index in [1.807, 2.05) is 0 Å². The van der Waals surface area contributed by atoms with Crippen molar-refractivity contribution in [2.24, 2.45) is 0 Å². The summed E-state index contributed by atoms with van der Waals surface area (Å²) >= 11 is 0. The Hall–Kier alpha value is -1.26. The summed E-state index contributed by atoms with van der Waals surface area (Å²) in [6.07, 6.45) is 0.669. The molecule has 0 unspecified atom stereocenters. The number of carbonyl (C=O) groups is 1. The highest BCUT2D eigenvalue weighted by Gasteiger charge is 2.15. The lowest BCUT2D eigenvalue weighted by Crippen LogP contribution is -2.44. The zero-order chi connectivity index (χ0) is 12.3. The fraction of sp³-hybridized carbons (Fsp3) is 0.462. The van der Waals surface area contributed by atoms with E-state index in [0.717, 1.165) is 26.2 Å². The quantitative estimate of drug-likeness (QED) is 0.741. The van der Waals surface area contributed by atoms with Crippen molar-refractivity contribution in [2.45, 2.75) is 6.54 Å². The van der Waals surface area contributed by atoms with Gasteiger partial charge in [-0.15, -0.1) is 0 Å². The van der Waals surface area contributed by atoms with Gasteiger partial charge in [0.2, 0.25) is 0 Å². The Kier molecular flexibility index (Phi) is 3.86. The second-order valence-corrected chi connectivity index (χ2v) is 4.55. The lowest BCUT2D eigenvalue weighted by molar-refractivity contribution is 0.112. The third kappa shape index (κ3) is 3.11.